The van der Waals surface area contributed by atoms with Gasteiger partial charge in [-0.2, -0.15) is 0 Å². The number of hydrogen-bond acceptors (Lipinski definition) is 5. The second-order valence-electron chi connectivity index (χ2n) is 4.68. The highest BCUT2D eigenvalue weighted by Crippen LogP contribution is 2.17. The SMILES string of the molecule is NC(N)=NCCN1CC=C(Oc2ccccc2)CC1.O=[N+]([O-])O. The van der Waals surface area contributed by atoms with Crippen molar-refractivity contribution >= 4 is 5.96 Å². The maximum Gasteiger partial charge on any atom is 0.291 e. The molecule has 9 heteroatoms. The first-order valence-corrected chi connectivity index (χ1v) is 7.00. The Morgan fingerprint density at radius 1 is 1.39 bits per heavy atom. The molecule has 0 bridgehead atoms. The Bertz CT molecular complexity index is 539. The molecule has 0 aliphatic carbocycles. The van der Waals surface area contributed by atoms with Crippen LogP contribution >= 0.6 is 0 Å². The van der Waals surface area contributed by atoms with E-state index in [0.29, 0.717) is 6.54 Å². The lowest BCUT2D eigenvalue weighted by Gasteiger charge is -2.25. The van der Waals surface area contributed by atoms with Gasteiger partial charge in [0.1, 0.15) is 11.5 Å². The fraction of sp³-hybridized carbons (Fsp3) is 0.357. The average molecular weight is 323 g/mol. The summed E-state index contributed by atoms with van der Waals surface area (Å²) in [5.74, 6) is 2.08. The summed E-state index contributed by atoms with van der Waals surface area (Å²) in [5.41, 5.74) is 10.6. The highest BCUT2D eigenvalue weighted by atomic mass is 16.9. The smallest absolute Gasteiger partial charge is 0.291 e. The molecule has 5 N–H and O–H groups in total. The molecule has 2 rings (SSSR count). The first-order chi connectivity index (χ1) is 11.0. The van der Waals surface area contributed by atoms with E-state index in [4.69, 9.17) is 31.5 Å². The van der Waals surface area contributed by atoms with Gasteiger partial charge >= 0.3 is 0 Å². The molecule has 1 aliphatic heterocycles. The molecular weight excluding hydrogens is 302 g/mol. The maximum absolute atomic E-state index is 8.36. The molecular formula is C14H21N5O4. The Kier molecular flexibility index (Phi) is 7.94. The van der Waals surface area contributed by atoms with Crippen molar-refractivity contribution in [2.75, 3.05) is 26.2 Å². The zero-order chi connectivity index (χ0) is 17.1. The van der Waals surface area contributed by atoms with Gasteiger partial charge in [0.25, 0.3) is 5.09 Å². The van der Waals surface area contributed by atoms with Gasteiger partial charge in [-0.3, -0.25) is 9.89 Å². The Morgan fingerprint density at radius 2 is 2.04 bits per heavy atom. The Morgan fingerprint density at radius 3 is 2.57 bits per heavy atom. The number of rotatable bonds is 5. The van der Waals surface area contributed by atoms with E-state index in [2.05, 4.69) is 16.0 Å². The predicted molar refractivity (Wildman–Crippen MR) is 85.7 cm³/mol. The van der Waals surface area contributed by atoms with E-state index in [0.717, 1.165) is 37.6 Å². The third-order valence-corrected chi connectivity index (χ3v) is 2.95. The number of para-hydroxylation sites is 1. The lowest BCUT2D eigenvalue weighted by Crippen LogP contribution is -2.33. The third kappa shape index (κ3) is 8.94. The van der Waals surface area contributed by atoms with Gasteiger partial charge in [-0.05, 0) is 18.2 Å². The van der Waals surface area contributed by atoms with E-state index in [-0.39, 0.29) is 5.96 Å². The quantitative estimate of drug-likeness (QED) is 0.311. The molecule has 0 saturated heterocycles. The van der Waals surface area contributed by atoms with Crippen LogP contribution in [-0.2, 0) is 0 Å². The molecule has 0 radical (unpaired) electrons. The predicted octanol–water partition coefficient (Wildman–Crippen LogP) is 0.581. The number of ether oxygens (including phenoxy) is 1. The molecule has 0 fully saturated rings. The maximum atomic E-state index is 8.36. The summed E-state index contributed by atoms with van der Waals surface area (Å²) >= 11 is 0. The van der Waals surface area contributed by atoms with Crippen LogP contribution < -0.4 is 16.2 Å². The molecule has 0 saturated carbocycles. The van der Waals surface area contributed by atoms with Gasteiger partial charge in [-0.15, -0.1) is 10.1 Å². The zero-order valence-corrected chi connectivity index (χ0v) is 12.7. The van der Waals surface area contributed by atoms with Crippen molar-refractivity contribution in [2.24, 2.45) is 16.5 Å². The fourth-order valence-electron chi connectivity index (χ4n) is 1.95. The van der Waals surface area contributed by atoms with Crippen LogP contribution in [0, 0.1) is 10.1 Å². The van der Waals surface area contributed by atoms with Crippen LogP contribution in [-0.4, -0.2) is 47.3 Å². The largest absolute Gasteiger partial charge is 0.462 e. The van der Waals surface area contributed by atoms with Gasteiger partial charge in [0.2, 0.25) is 0 Å². The molecule has 126 valence electrons. The van der Waals surface area contributed by atoms with Crippen molar-refractivity contribution in [3.8, 4) is 5.75 Å². The molecule has 0 atom stereocenters. The van der Waals surface area contributed by atoms with Crippen molar-refractivity contribution in [2.45, 2.75) is 6.42 Å². The van der Waals surface area contributed by atoms with E-state index in [1.165, 1.54) is 0 Å². The van der Waals surface area contributed by atoms with Crippen molar-refractivity contribution in [1.29, 1.82) is 0 Å². The van der Waals surface area contributed by atoms with Gasteiger partial charge in [-0.1, -0.05) is 18.2 Å². The Balaban J connectivity index is 0.000000593. The number of hydrogen-bond donors (Lipinski definition) is 3. The molecule has 1 aromatic rings. The molecule has 9 nitrogen and oxygen atoms in total. The van der Waals surface area contributed by atoms with Crippen molar-refractivity contribution < 1.29 is 15.0 Å². The summed E-state index contributed by atoms with van der Waals surface area (Å²) in [6.07, 6.45) is 3.03. The molecule has 0 aromatic heterocycles. The molecule has 23 heavy (non-hydrogen) atoms. The van der Waals surface area contributed by atoms with Gasteiger partial charge in [0.15, 0.2) is 5.96 Å². The van der Waals surface area contributed by atoms with Gasteiger partial charge in [-0.25, -0.2) is 0 Å². The van der Waals surface area contributed by atoms with E-state index in [1.807, 2.05) is 30.3 Å². The minimum absolute atomic E-state index is 0.153. The van der Waals surface area contributed by atoms with Crippen LogP contribution in [0.25, 0.3) is 0 Å². The number of nitrogens with two attached hydrogens (primary N) is 2. The van der Waals surface area contributed by atoms with Crippen molar-refractivity contribution in [3.63, 3.8) is 0 Å². The van der Waals surface area contributed by atoms with Crippen LogP contribution in [0.3, 0.4) is 0 Å². The Labute approximate surface area is 134 Å². The monoisotopic (exact) mass is 323 g/mol. The van der Waals surface area contributed by atoms with Gasteiger partial charge in [0.05, 0.1) is 6.54 Å². The van der Waals surface area contributed by atoms with Crippen LogP contribution in [0.5, 0.6) is 5.75 Å². The number of guanidine groups is 1. The van der Waals surface area contributed by atoms with Crippen molar-refractivity contribution in [1.82, 2.24) is 4.90 Å². The third-order valence-electron chi connectivity index (χ3n) is 2.95. The minimum Gasteiger partial charge on any atom is -0.462 e. The van der Waals surface area contributed by atoms with Gasteiger partial charge in [0, 0.05) is 26.1 Å². The summed E-state index contributed by atoms with van der Waals surface area (Å²) in [4.78, 5) is 14.6. The lowest BCUT2D eigenvalue weighted by atomic mass is 10.2. The molecule has 1 aromatic carbocycles. The number of nitrogens with zero attached hydrogens (tertiary/aromatic N) is 3. The van der Waals surface area contributed by atoms with E-state index >= 15 is 0 Å². The molecule has 1 aliphatic rings. The Hall–Kier alpha value is -2.81. The molecule has 1 heterocycles. The second-order valence-corrected chi connectivity index (χ2v) is 4.68. The van der Waals surface area contributed by atoms with E-state index in [9.17, 15) is 0 Å². The first kappa shape index (κ1) is 18.2. The summed E-state index contributed by atoms with van der Waals surface area (Å²) in [6.45, 7) is 3.36. The lowest BCUT2D eigenvalue weighted by molar-refractivity contribution is -0.742. The molecule has 0 spiro atoms. The number of aliphatic imine (C=N–C) groups is 1. The summed E-state index contributed by atoms with van der Waals surface area (Å²) in [5, 5.41) is 13.6. The fourth-order valence-corrected chi connectivity index (χ4v) is 1.95. The highest BCUT2D eigenvalue weighted by Gasteiger charge is 2.12. The van der Waals surface area contributed by atoms with Gasteiger partial charge < -0.3 is 21.4 Å². The van der Waals surface area contributed by atoms with Crippen LogP contribution in [0.1, 0.15) is 6.42 Å². The van der Waals surface area contributed by atoms with E-state index in [1.54, 1.807) is 0 Å². The topological polar surface area (TPSA) is 140 Å². The zero-order valence-electron chi connectivity index (χ0n) is 12.7. The average Bonchev–Trinajstić information content (AvgIpc) is 2.49. The summed E-state index contributed by atoms with van der Waals surface area (Å²) in [6, 6.07) is 9.85. The molecule has 0 unspecified atom stereocenters. The number of benzene rings is 1. The van der Waals surface area contributed by atoms with Crippen molar-refractivity contribution in [3.05, 3.63) is 52.3 Å². The molecule has 0 amide bonds. The normalized spacial score (nSPS) is 14.0. The first-order valence-electron chi connectivity index (χ1n) is 7.00. The van der Waals surface area contributed by atoms with E-state index < -0.39 is 5.09 Å². The summed E-state index contributed by atoms with van der Waals surface area (Å²) in [7, 11) is 0. The second kappa shape index (κ2) is 10.0. The van der Waals surface area contributed by atoms with Crippen LogP contribution in [0.4, 0.5) is 0 Å². The standard InChI is InChI=1S/C14H20N4O.HNO3/c15-14(16)17-8-11-18-9-6-13(7-10-18)19-12-4-2-1-3-5-12;2-1(3)4/h1-6H,7-11H2,(H4,15,16,17);(H,2,3,4). The van der Waals surface area contributed by atoms with Crippen LogP contribution in [0.15, 0.2) is 47.2 Å². The van der Waals surface area contributed by atoms with Crippen LogP contribution in [0.2, 0.25) is 0 Å². The summed E-state index contributed by atoms with van der Waals surface area (Å²) < 4.78 is 5.81. The highest BCUT2D eigenvalue weighted by molar-refractivity contribution is 5.75. The minimum atomic E-state index is -1.50.